The van der Waals surface area contributed by atoms with Crippen LogP contribution in [0.5, 0.6) is 23.0 Å². The lowest BCUT2D eigenvalue weighted by molar-refractivity contribution is -0.122. The topological polar surface area (TPSA) is 109 Å². The highest BCUT2D eigenvalue weighted by Gasteiger charge is 2.14. The Morgan fingerprint density at radius 3 is 1.72 bits per heavy atom. The first kappa shape index (κ1) is 28.9. The van der Waals surface area contributed by atoms with Crippen molar-refractivity contribution >= 4 is 35.5 Å². The smallest absolute Gasteiger partial charge is 0.166 e. The molecule has 0 aliphatic rings. The van der Waals surface area contributed by atoms with Crippen LogP contribution in [-0.4, -0.2) is 52.1 Å². The zero-order valence-corrected chi connectivity index (χ0v) is 21.8. The van der Waals surface area contributed by atoms with Gasteiger partial charge in [0.1, 0.15) is 13.2 Å². The number of rotatable bonds is 15. The summed E-state index contributed by atoms with van der Waals surface area (Å²) < 4.78 is 21.9. The quantitative estimate of drug-likeness (QED) is 0.157. The average molecular weight is 517 g/mol. The van der Waals surface area contributed by atoms with Gasteiger partial charge < -0.3 is 24.7 Å². The number of Topliss-reactive ketones (excluding diaryl/α,β-unsaturated/α-hetero) is 2. The first-order valence-corrected chi connectivity index (χ1v) is 11.8. The lowest BCUT2D eigenvalue weighted by Crippen LogP contribution is -2.12. The van der Waals surface area contributed by atoms with Gasteiger partial charge >= 0.3 is 0 Å². The van der Waals surface area contributed by atoms with Gasteiger partial charge in [-0.3, -0.25) is 9.59 Å². The molecular weight excluding hydrogens is 484 g/mol. The van der Waals surface area contributed by atoms with Crippen molar-refractivity contribution in [1.29, 1.82) is 0 Å². The highest BCUT2D eigenvalue weighted by atomic mass is 35.5. The Labute approximate surface area is 217 Å². The van der Waals surface area contributed by atoms with Crippen LogP contribution in [0.15, 0.2) is 47.5 Å². The Balaban J connectivity index is 2.08. The first-order chi connectivity index (χ1) is 17.3. The summed E-state index contributed by atoms with van der Waals surface area (Å²) in [6.45, 7) is 4.98. The molecule has 194 valence electrons. The monoisotopic (exact) mass is 516 g/mol. The number of halogens is 1. The maximum atomic E-state index is 12.7. The summed E-state index contributed by atoms with van der Waals surface area (Å²) in [6.07, 6.45) is 3.20. The summed E-state index contributed by atoms with van der Waals surface area (Å²) in [6, 6.07) is 10.7. The maximum absolute atomic E-state index is 12.7. The van der Waals surface area contributed by atoms with Crippen LogP contribution < -0.4 is 29.5 Å². The summed E-state index contributed by atoms with van der Waals surface area (Å²) in [4.78, 5) is 27.9. The SMILES string of the molecule is COc1cc(/C=C(\C)C(=O)CC(=O)/C(C)=C/c2ccc(OCCNCl)c(OC)c2)ccc1OCCN. The fraction of sp³-hybridized carbons (Fsp3) is 0.333. The molecule has 0 amide bonds. The van der Waals surface area contributed by atoms with Crippen LogP contribution >= 0.6 is 11.8 Å². The predicted molar refractivity (Wildman–Crippen MR) is 142 cm³/mol. The third-order valence-corrected chi connectivity index (χ3v) is 5.36. The minimum absolute atomic E-state index is 0.233. The highest BCUT2D eigenvalue weighted by Crippen LogP contribution is 2.30. The van der Waals surface area contributed by atoms with Crippen LogP contribution in [0.4, 0.5) is 0 Å². The second-order valence-corrected chi connectivity index (χ2v) is 8.13. The van der Waals surface area contributed by atoms with Gasteiger partial charge in [0.2, 0.25) is 0 Å². The van der Waals surface area contributed by atoms with Crippen molar-refractivity contribution in [3.63, 3.8) is 0 Å². The molecule has 0 aliphatic heterocycles. The van der Waals surface area contributed by atoms with Crippen LogP contribution in [0.1, 0.15) is 31.4 Å². The number of ketones is 2. The largest absolute Gasteiger partial charge is 0.493 e. The van der Waals surface area contributed by atoms with E-state index in [-0.39, 0.29) is 18.0 Å². The number of ether oxygens (including phenoxy) is 4. The molecule has 0 aliphatic carbocycles. The van der Waals surface area contributed by atoms with Gasteiger partial charge in [0.05, 0.1) is 20.6 Å². The molecule has 0 bridgehead atoms. The molecular formula is C27H33ClN2O6. The highest BCUT2D eigenvalue weighted by molar-refractivity contribution is 6.15. The molecule has 0 aromatic heterocycles. The number of nitrogens with one attached hydrogen (secondary N) is 1. The first-order valence-electron chi connectivity index (χ1n) is 11.4. The average Bonchev–Trinajstić information content (AvgIpc) is 2.88. The minimum Gasteiger partial charge on any atom is -0.493 e. The number of methoxy groups -OCH3 is 2. The second kappa shape index (κ2) is 14.9. The van der Waals surface area contributed by atoms with Crippen molar-refractivity contribution in [2.24, 2.45) is 5.73 Å². The fourth-order valence-corrected chi connectivity index (χ4v) is 3.32. The molecule has 0 saturated heterocycles. The third kappa shape index (κ3) is 8.71. The van der Waals surface area contributed by atoms with Gasteiger partial charge in [0, 0.05) is 13.1 Å². The molecule has 36 heavy (non-hydrogen) atoms. The zero-order valence-electron chi connectivity index (χ0n) is 21.1. The molecule has 0 saturated carbocycles. The van der Waals surface area contributed by atoms with Gasteiger partial charge in [-0.2, -0.15) is 0 Å². The Morgan fingerprint density at radius 2 is 1.31 bits per heavy atom. The Kier molecular flexibility index (Phi) is 12.0. The number of allylic oxidation sites excluding steroid dienone is 2. The van der Waals surface area contributed by atoms with E-state index < -0.39 is 0 Å². The van der Waals surface area contributed by atoms with Crippen molar-refractivity contribution in [1.82, 2.24) is 4.84 Å². The molecule has 2 aromatic rings. The Bertz CT molecular complexity index is 1110. The van der Waals surface area contributed by atoms with Crippen molar-refractivity contribution in [3.05, 3.63) is 58.7 Å². The van der Waals surface area contributed by atoms with Crippen molar-refractivity contribution in [3.8, 4) is 23.0 Å². The van der Waals surface area contributed by atoms with Gasteiger partial charge in [-0.05, 0) is 84.3 Å². The van der Waals surface area contributed by atoms with Crippen LogP contribution in [0.3, 0.4) is 0 Å². The summed E-state index contributed by atoms with van der Waals surface area (Å²) in [7, 11) is 3.08. The van der Waals surface area contributed by atoms with Gasteiger partial charge in [0.25, 0.3) is 0 Å². The van der Waals surface area contributed by atoms with Crippen molar-refractivity contribution in [2.75, 3.05) is 40.5 Å². The molecule has 0 fully saturated rings. The Hall–Kier alpha value is -3.33. The molecule has 3 N–H and O–H groups in total. The van der Waals surface area contributed by atoms with Crippen molar-refractivity contribution < 1.29 is 28.5 Å². The van der Waals surface area contributed by atoms with E-state index in [4.69, 9.17) is 36.5 Å². The van der Waals surface area contributed by atoms with Crippen molar-refractivity contribution in [2.45, 2.75) is 20.3 Å². The number of nitrogens with two attached hydrogens (primary N) is 1. The second-order valence-electron chi connectivity index (χ2n) is 7.87. The lowest BCUT2D eigenvalue weighted by Gasteiger charge is -2.11. The normalized spacial score (nSPS) is 11.7. The van der Waals surface area contributed by atoms with Crippen LogP contribution in [0.25, 0.3) is 12.2 Å². The minimum atomic E-state index is -0.261. The third-order valence-electron chi connectivity index (χ3n) is 5.17. The molecule has 2 rings (SSSR count). The van der Waals surface area contributed by atoms with E-state index in [1.165, 1.54) is 7.11 Å². The van der Waals surface area contributed by atoms with E-state index in [1.807, 2.05) is 12.1 Å². The van der Waals surface area contributed by atoms with E-state index in [0.717, 1.165) is 11.1 Å². The predicted octanol–water partition coefficient (Wildman–Crippen LogP) is 4.20. The van der Waals surface area contributed by atoms with Crippen LogP contribution in [-0.2, 0) is 9.59 Å². The standard InChI is InChI=1S/C27H33ClN2O6/c1-18(13-20-5-7-24(35-11-9-29)26(15-20)33-3)22(31)17-23(32)19(2)14-21-6-8-25(27(16-21)34-4)36-12-10-30-28/h5-8,13-16,30H,9-12,17,29H2,1-4H3/b18-13+,19-14+. The lowest BCUT2D eigenvalue weighted by atomic mass is 10.00. The zero-order chi connectivity index (χ0) is 26.5. The summed E-state index contributed by atoms with van der Waals surface area (Å²) >= 11 is 5.44. The fourth-order valence-electron chi connectivity index (χ4n) is 3.24. The molecule has 0 spiro atoms. The molecule has 0 radical (unpaired) electrons. The number of hydrogen-bond acceptors (Lipinski definition) is 8. The molecule has 2 aromatic carbocycles. The van der Waals surface area contributed by atoms with E-state index in [9.17, 15) is 9.59 Å². The van der Waals surface area contributed by atoms with Gasteiger partial charge in [-0.1, -0.05) is 12.1 Å². The number of carbonyl (C=O) groups is 2. The number of benzene rings is 2. The summed E-state index contributed by atoms with van der Waals surface area (Å²) in [5.41, 5.74) is 7.91. The molecule has 0 atom stereocenters. The molecule has 8 nitrogen and oxygen atoms in total. The Morgan fingerprint density at radius 1 is 0.833 bits per heavy atom. The summed E-state index contributed by atoms with van der Waals surface area (Å²) in [5, 5.41) is 0. The number of carbonyl (C=O) groups excluding carboxylic acids is 2. The molecule has 0 heterocycles. The van der Waals surface area contributed by atoms with E-state index in [1.54, 1.807) is 57.4 Å². The molecule has 9 heteroatoms. The van der Waals surface area contributed by atoms with Crippen LogP contribution in [0.2, 0.25) is 0 Å². The summed E-state index contributed by atoms with van der Waals surface area (Å²) in [5.74, 6) is 1.69. The van der Waals surface area contributed by atoms with Crippen LogP contribution in [0, 0.1) is 0 Å². The van der Waals surface area contributed by atoms with E-state index in [2.05, 4.69) is 4.84 Å². The van der Waals surface area contributed by atoms with Gasteiger partial charge in [0.15, 0.2) is 34.6 Å². The van der Waals surface area contributed by atoms with E-state index >= 15 is 0 Å². The maximum Gasteiger partial charge on any atom is 0.166 e. The van der Waals surface area contributed by atoms with Gasteiger partial charge in [-0.15, -0.1) is 0 Å². The molecule has 0 unspecified atom stereocenters. The van der Waals surface area contributed by atoms with Gasteiger partial charge in [-0.25, -0.2) is 4.84 Å². The van der Waals surface area contributed by atoms with E-state index in [0.29, 0.717) is 60.4 Å². The number of hydrogen-bond donors (Lipinski definition) is 2.